The molecule has 0 aromatic heterocycles. The Labute approximate surface area is 63.8 Å². The van der Waals surface area contributed by atoms with Gasteiger partial charge in [-0.1, -0.05) is 6.92 Å². The van der Waals surface area contributed by atoms with Crippen molar-refractivity contribution in [1.29, 1.82) is 0 Å². The number of carbonyl (C=O) groups is 2. The summed E-state index contributed by atoms with van der Waals surface area (Å²) < 4.78 is 0. The Kier molecular flexibility index (Phi) is 3.53. The molecule has 0 saturated heterocycles. The van der Waals surface area contributed by atoms with E-state index in [4.69, 9.17) is 15.9 Å². The van der Waals surface area contributed by atoms with Crippen LogP contribution in [-0.4, -0.2) is 28.2 Å². The van der Waals surface area contributed by atoms with Crippen LogP contribution < -0.4 is 5.73 Å². The maximum absolute atomic E-state index is 10.2. The summed E-state index contributed by atoms with van der Waals surface area (Å²) in [6, 6.07) is -1.09. The molecule has 0 fully saturated rings. The lowest BCUT2D eigenvalue weighted by molar-refractivity contribution is -0.141. The second-order valence-corrected chi connectivity index (χ2v) is 2.44. The molecule has 64 valence electrons. The summed E-state index contributed by atoms with van der Waals surface area (Å²) in [4.78, 5) is 20.3. The number of rotatable bonds is 4. The fourth-order valence-corrected chi connectivity index (χ4v) is 0.646. The van der Waals surface area contributed by atoms with Crippen molar-refractivity contribution >= 4 is 11.9 Å². The van der Waals surface area contributed by atoms with Gasteiger partial charge in [-0.15, -0.1) is 0 Å². The average Bonchev–Trinajstić information content (AvgIpc) is 1.84. The highest BCUT2D eigenvalue weighted by Gasteiger charge is 2.21. The molecule has 0 rings (SSSR count). The molecule has 4 N–H and O–H groups in total. The Balaban J connectivity index is 3.92. The molecule has 0 aromatic carbocycles. The van der Waals surface area contributed by atoms with E-state index in [-0.39, 0.29) is 6.42 Å². The lowest BCUT2D eigenvalue weighted by Crippen LogP contribution is -2.37. The van der Waals surface area contributed by atoms with Crippen LogP contribution in [0.25, 0.3) is 0 Å². The molecular formula is C6H11NO4. The van der Waals surface area contributed by atoms with Crippen molar-refractivity contribution in [3.8, 4) is 0 Å². The molecule has 0 bridgehead atoms. The molecule has 2 atom stereocenters. The lowest BCUT2D eigenvalue weighted by atomic mass is 10.00. The van der Waals surface area contributed by atoms with E-state index in [9.17, 15) is 9.59 Å². The molecule has 0 aliphatic rings. The third-order valence-electron chi connectivity index (χ3n) is 1.39. The smallest absolute Gasteiger partial charge is 0.320 e. The second-order valence-electron chi connectivity index (χ2n) is 2.44. The van der Waals surface area contributed by atoms with Gasteiger partial charge in [-0.05, 0) is 5.92 Å². The quantitative estimate of drug-likeness (QED) is 0.516. The zero-order valence-corrected chi connectivity index (χ0v) is 6.15. The van der Waals surface area contributed by atoms with Crippen molar-refractivity contribution in [2.24, 2.45) is 11.7 Å². The lowest BCUT2D eigenvalue weighted by Gasteiger charge is -2.12. The van der Waals surface area contributed by atoms with Crippen LogP contribution >= 0.6 is 0 Å². The van der Waals surface area contributed by atoms with Crippen molar-refractivity contribution in [2.45, 2.75) is 19.4 Å². The molecule has 0 amide bonds. The van der Waals surface area contributed by atoms with Gasteiger partial charge in [-0.3, -0.25) is 9.59 Å². The topological polar surface area (TPSA) is 101 Å². The van der Waals surface area contributed by atoms with Gasteiger partial charge in [0.2, 0.25) is 0 Å². The molecule has 5 nitrogen and oxygen atoms in total. The van der Waals surface area contributed by atoms with E-state index >= 15 is 0 Å². The fraction of sp³-hybridized carbons (Fsp3) is 0.667. The molecule has 0 heterocycles. The van der Waals surface area contributed by atoms with E-state index in [1.807, 2.05) is 0 Å². The molecule has 0 aromatic rings. The van der Waals surface area contributed by atoms with Gasteiger partial charge in [0.15, 0.2) is 0 Å². The van der Waals surface area contributed by atoms with Crippen LogP contribution in [0.5, 0.6) is 0 Å². The van der Waals surface area contributed by atoms with Crippen molar-refractivity contribution in [3.63, 3.8) is 0 Å². The highest BCUT2D eigenvalue weighted by molar-refractivity contribution is 5.75. The average molecular weight is 161 g/mol. The summed E-state index contributed by atoms with van der Waals surface area (Å²) in [5, 5.41) is 16.6. The molecule has 0 aliphatic carbocycles. The molecule has 11 heavy (non-hydrogen) atoms. The van der Waals surface area contributed by atoms with E-state index in [0.717, 1.165) is 0 Å². The maximum Gasteiger partial charge on any atom is 0.320 e. The third-order valence-corrected chi connectivity index (χ3v) is 1.39. The van der Waals surface area contributed by atoms with Gasteiger partial charge < -0.3 is 15.9 Å². The molecule has 0 radical (unpaired) electrons. The minimum Gasteiger partial charge on any atom is -0.481 e. The maximum atomic E-state index is 10.2. The zero-order chi connectivity index (χ0) is 9.02. The van der Waals surface area contributed by atoms with Crippen LogP contribution in [-0.2, 0) is 9.59 Å². The van der Waals surface area contributed by atoms with Gasteiger partial charge in [-0.2, -0.15) is 0 Å². The first kappa shape index (κ1) is 9.90. The van der Waals surface area contributed by atoms with Crippen LogP contribution in [0.4, 0.5) is 0 Å². The molecule has 5 heteroatoms. The highest BCUT2D eigenvalue weighted by atomic mass is 16.4. The number of carboxylic acid groups (broad SMARTS) is 2. The largest absolute Gasteiger partial charge is 0.481 e. The van der Waals surface area contributed by atoms with Crippen LogP contribution in [0.3, 0.4) is 0 Å². The van der Waals surface area contributed by atoms with Crippen LogP contribution in [0.15, 0.2) is 0 Å². The zero-order valence-electron chi connectivity index (χ0n) is 6.15. The Hall–Kier alpha value is -1.10. The molecule has 0 spiro atoms. The van der Waals surface area contributed by atoms with Gasteiger partial charge in [0.05, 0.1) is 0 Å². The summed E-state index contributed by atoms with van der Waals surface area (Å²) in [5.74, 6) is -2.74. The van der Waals surface area contributed by atoms with Crippen LogP contribution in [0.1, 0.15) is 13.3 Å². The Morgan fingerprint density at radius 1 is 1.45 bits per heavy atom. The SMILES string of the molecule is C[C@@H](CC(=O)O)[C@H](N)C(=O)O. The van der Waals surface area contributed by atoms with E-state index < -0.39 is 23.9 Å². The van der Waals surface area contributed by atoms with Crippen molar-refractivity contribution in [1.82, 2.24) is 0 Å². The van der Waals surface area contributed by atoms with Gasteiger partial charge in [0.25, 0.3) is 0 Å². The van der Waals surface area contributed by atoms with Gasteiger partial charge in [0, 0.05) is 6.42 Å². The van der Waals surface area contributed by atoms with Gasteiger partial charge >= 0.3 is 11.9 Å². The van der Waals surface area contributed by atoms with E-state index in [1.54, 1.807) is 0 Å². The van der Waals surface area contributed by atoms with Gasteiger partial charge in [0.1, 0.15) is 6.04 Å². The van der Waals surface area contributed by atoms with E-state index in [2.05, 4.69) is 0 Å². The Morgan fingerprint density at radius 2 is 1.91 bits per heavy atom. The number of carboxylic acids is 2. The monoisotopic (exact) mass is 161 g/mol. The first-order valence-corrected chi connectivity index (χ1v) is 3.15. The first-order chi connectivity index (χ1) is 4.95. The van der Waals surface area contributed by atoms with E-state index in [1.165, 1.54) is 6.92 Å². The number of hydrogen-bond acceptors (Lipinski definition) is 3. The number of nitrogens with two attached hydrogens (primary N) is 1. The van der Waals surface area contributed by atoms with E-state index in [0.29, 0.717) is 0 Å². The summed E-state index contributed by atoms with van der Waals surface area (Å²) in [5.41, 5.74) is 5.15. The van der Waals surface area contributed by atoms with Crippen molar-refractivity contribution in [2.75, 3.05) is 0 Å². The summed E-state index contributed by atoms with van der Waals surface area (Å²) >= 11 is 0. The molecule has 0 aliphatic heterocycles. The molecule has 0 saturated carbocycles. The summed E-state index contributed by atoms with van der Waals surface area (Å²) in [7, 11) is 0. The Morgan fingerprint density at radius 3 is 2.18 bits per heavy atom. The second kappa shape index (κ2) is 3.92. The minimum atomic E-state index is -1.17. The number of aliphatic carboxylic acids is 2. The number of hydrogen-bond donors (Lipinski definition) is 3. The first-order valence-electron chi connectivity index (χ1n) is 3.15. The summed E-state index contributed by atoms with van der Waals surface area (Å²) in [6.45, 7) is 1.49. The molecule has 0 unspecified atom stereocenters. The predicted molar refractivity (Wildman–Crippen MR) is 37.0 cm³/mol. The van der Waals surface area contributed by atoms with Crippen LogP contribution in [0.2, 0.25) is 0 Å². The normalized spacial score (nSPS) is 15.5. The third kappa shape index (κ3) is 3.57. The van der Waals surface area contributed by atoms with Crippen LogP contribution in [0, 0.1) is 5.92 Å². The fourth-order valence-electron chi connectivity index (χ4n) is 0.646. The molecular weight excluding hydrogens is 150 g/mol. The highest BCUT2D eigenvalue weighted by Crippen LogP contribution is 2.05. The van der Waals surface area contributed by atoms with Crippen molar-refractivity contribution in [3.05, 3.63) is 0 Å². The summed E-state index contributed by atoms with van der Waals surface area (Å²) in [6.07, 6.45) is -0.215. The minimum absolute atomic E-state index is 0.215. The van der Waals surface area contributed by atoms with Gasteiger partial charge in [-0.25, -0.2) is 0 Å². The predicted octanol–water partition coefficient (Wildman–Crippen LogP) is -0.491. The standard InChI is InChI=1S/C6H11NO4/c1-3(2-4(8)9)5(7)6(10)11/h3,5H,2,7H2,1H3,(H,8,9)(H,10,11)/t3-,5-/m0/s1. The van der Waals surface area contributed by atoms with Crippen molar-refractivity contribution < 1.29 is 19.8 Å². The Bertz CT molecular complexity index is 168.